The highest BCUT2D eigenvalue weighted by Gasteiger charge is 1.94. The van der Waals surface area contributed by atoms with E-state index in [-0.39, 0.29) is 0 Å². The summed E-state index contributed by atoms with van der Waals surface area (Å²) in [6.07, 6.45) is 38.8. The van der Waals surface area contributed by atoms with E-state index in [0.717, 1.165) is 38.5 Å². The summed E-state index contributed by atoms with van der Waals surface area (Å²) in [5.41, 5.74) is 11.5. The summed E-state index contributed by atoms with van der Waals surface area (Å²) in [5.74, 6) is 0. The molecule has 0 fully saturated rings. The van der Waals surface area contributed by atoms with Crippen molar-refractivity contribution >= 4 is 0 Å². The van der Waals surface area contributed by atoms with Gasteiger partial charge in [-0.05, 0) is 133 Å². The van der Waals surface area contributed by atoms with Crippen LogP contribution in [0.25, 0.3) is 0 Å². The van der Waals surface area contributed by atoms with Crippen LogP contribution in [0.15, 0.2) is 117 Å². The summed E-state index contributed by atoms with van der Waals surface area (Å²) in [6, 6.07) is 0. The SMILES string of the molecule is CC(C)=CCCC(C)=CCCC(C)=CCCC(C)=CC=C/C=C(C)/C=C/C=C(\C)CCC=C(C)CCC=C(C)C. The highest BCUT2D eigenvalue weighted by atomic mass is 14.0. The van der Waals surface area contributed by atoms with Crippen molar-refractivity contribution < 1.29 is 0 Å². The first-order valence-corrected chi connectivity index (χ1v) is 15.6. The molecular weight excluding hydrogens is 480 g/mol. The molecule has 0 aromatic rings. The van der Waals surface area contributed by atoms with Gasteiger partial charge in [0.1, 0.15) is 0 Å². The Hall–Kier alpha value is -2.60. The molecule has 0 bridgehead atoms. The minimum atomic E-state index is 1.12. The van der Waals surface area contributed by atoms with Crippen molar-refractivity contribution in [2.24, 2.45) is 0 Å². The smallest absolute Gasteiger partial charge is 0.0285 e. The van der Waals surface area contributed by atoms with Crippen molar-refractivity contribution in [2.75, 3.05) is 0 Å². The van der Waals surface area contributed by atoms with Gasteiger partial charge in [-0.1, -0.05) is 117 Å². The van der Waals surface area contributed by atoms with Crippen LogP contribution in [-0.2, 0) is 0 Å². The lowest BCUT2D eigenvalue weighted by molar-refractivity contribution is 0.900. The molecule has 40 heavy (non-hydrogen) atoms. The monoisotopic (exact) mass is 542 g/mol. The lowest BCUT2D eigenvalue weighted by Crippen LogP contribution is -1.82. The van der Waals surface area contributed by atoms with E-state index in [1.807, 2.05) is 0 Å². The molecule has 0 atom stereocenters. The summed E-state index contributed by atoms with van der Waals surface area (Å²) < 4.78 is 0. The van der Waals surface area contributed by atoms with Gasteiger partial charge in [0.2, 0.25) is 0 Å². The third-order valence-corrected chi connectivity index (χ3v) is 6.87. The van der Waals surface area contributed by atoms with Crippen molar-refractivity contribution in [2.45, 2.75) is 133 Å². The van der Waals surface area contributed by atoms with Crippen LogP contribution in [0, 0.1) is 0 Å². The fourth-order valence-corrected chi connectivity index (χ4v) is 4.14. The number of allylic oxidation sites excluding steroid dienone is 20. The molecule has 0 radical (unpaired) electrons. The number of rotatable bonds is 19. The maximum atomic E-state index is 2.42. The lowest BCUT2D eigenvalue weighted by atomic mass is 10.0. The number of hydrogen-bond acceptors (Lipinski definition) is 0. The summed E-state index contributed by atoms with van der Waals surface area (Å²) in [7, 11) is 0. The Kier molecular flexibility index (Phi) is 22.6. The molecule has 0 unspecified atom stereocenters. The van der Waals surface area contributed by atoms with Crippen LogP contribution in [0.4, 0.5) is 0 Å². The Balaban J connectivity index is 4.39. The second-order valence-electron chi connectivity index (χ2n) is 12.1. The zero-order valence-electron chi connectivity index (χ0n) is 28.0. The molecule has 0 aliphatic carbocycles. The molecule has 0 aliphatic rings. The van der Waals surface area contributed by atoms with Gasteiger partial charge in [-0.2, -0.15) is 0 Å². The second kappa shape index (κ2) is 24.2. The molecule has 0 spiro atoms. The van der Waals surface area contributed by atoms with Crippen LogP contribution >= 0.6 is 0 Å². The van der Waals surface area contributed by atoms with Gasteiger partial charge in [0.15, 0.2) is 0 Å². The predicted molar refractivity (Wildman–Crippen MR) is 186 cm³/mol. The minimum Gasteiger partial charge on any atom is -0.0856 e. The van der Waals surface area contributed by atoms with Gasteiger partial charge < -0.3 is 0 Å². The van der Waals surface area contributed by atoms with Gasteiger partial charge in [0.05, 0.1) is 0 Å². The van der Waals surface area contributed by atoms with E-state index in [4.69, 9.17) is 0 Å². The molecule has 0 heterocycles. The van der Waals surface area contributed by atoms with Crippen LogP contribution < -0.4 is 0 Å². The topological polar surface area (TPSA) is 0 Å². The minimum absolute atomic E-state index is 1.12. The van der Waals surface area contributed by atoms with E-state index < -0.39 is 0 Å². The summed E-state index contributed by atoms with van der Waals surface area (Å²) in [4.78, 5) is 0. The van der Waals surface area contributed by atoms with Gasteiger partial charge in [-0.25, -0.2) is 0 Å². The molecule has 0 heteroatoms. The first-order chi connectivity index (χ1) is 19.0. The molecule has 0 saturated carbocycles. The Bertz CT molecular complexity index is 1010. The molecular formula is C40H62. The Morgan fingerprint density at radius 2 is 0.675 bits per heavy atom. The average molecular weight is 543 g/mol. The molecule has 0 amide bonds. The maximum absolute atomic E-state index is 2.42. The van der Waals surface area contributed by atoms with Crippen molar-refractivity contribution in [3.63, 3.8) is 0 Å². The predicted octanol–water partition coefficient (Wildman–Crippen LogP) is 13.6. The molecule has 0 saturated heterocycles. The fourth-order valence-electron chi connectivity index (χ4n) is 4.14. The second-order valence-corrected chi connectivity index (χ2v) is 12.1. The zero-order valence-corrected chi connectivity index (χ0v) is 28.0. The van der Waals surface area contributed by atoms with E-state index in [1.54, 1.807) is 0 Å². The van der Waals surface area contributed by atoms with Crippen LogP contribution in [-0.4, -0.2) is 0 Å². The van der Waals surface area contributed by atoms with Crippen LogP contribution in [0.5, 0.6) is 0 Å². The molecule has 0 aliphatic heterocycles. The van der Waals surface area contributed by atoms with Crippen LogP contribution in [0.1, 0.15) is 133 Å². The van der Waals surface area contributed by atoms with E-state index in [0.29, 0.717) is 0 Å². The maximum Gasteiger partial charge on any atom is -0.0285 e. The van der Waals surface area contributed by atoms with Crippen molar-refractivity contribution in [3.05, 3.63) is 117 Å². The zero-order chi connectivity index (χ0) is 30.2. The third-order valence-electron chi connectivity index (χ3n) is 6.87. The van der Waals surface area contributed by atoms with E-state index in [9.17, 15) is 0 Å². The van der Waals surface area contributed by atoms with Gasteiger partial charge in [-0.15, -0.1) is 0 Å². The van der Waals surface area contributed by atoms with Crippen molar-refractivity contribution in [1.82, 2.24) is 0 Å². The molecule has 0 aromatic carbocycles. The fraction of sp³-hybridized carbons (Fsp3) is 0.500. The van der Waals surface area contributed by atoms with Crippen LogP contribution in [0.3, 0.4) is 0 Å². The first-order valence-electron chi connectivity index (χ1n) is 15.6. The van der Waals surface area contributed by atoms with Gasteiger partial charge in [0, 0.05) is 0 Å². The number of hydrogen-bond donors (Lipinski definition) is 0. The Morgan fingerprint density at radius 1 is 0.350 bits per heavy atom. The highest BCUT2D eigenvalue weighted by molar-refractivity contribution is 5.27. The van der Waals surface area contributed by atoms with E-state index in [1.165, 1.54) is 70.3 Å². The largest absolute Gasteiger partial charge is 0.0856 e. The first kappa shape index (κ1) is 37.4. The quantitative estimate of drug-likeness (QED) is 0.112. The van der Waals surface area contributed by atoms with Crippen LogP contribution in [0.2, 0.25) is 0 Å². The highest BCUT2D eigenvalue weighted by Crippen LogP contribution is 2.14. The summed E-state index contributed by atoms with van der Waals surface area (Å²) >= 11 is 0. The van der Waals surface area contributed by atoms with Gasteiger partial charge in [-0.3, -0.25) is 0 Å². The normalized spacial score (nSPS) is 14.4. The summed E-state index contributed by atoms with van der Waals surface area (Å²) in [5, 5.41) is 0. The Morgan fingerprint density at radius 3 is 1.07 bits per heavy atom. The molecule has 0 rings (SSSR count). The molecule has 0 N–H and O–H groups in total. The van der Waals surface area contributed by atoms with E-state index >= 15 is 0 Å². The van der Waals surface area contributed by atoms with Gasteiger partial charge >= 0.3 is 0 Å². The van der Waals surface area contributed by atoms with Crippen molar-refractivity contribution in [1.29, 1.82) is 0 Å². The van der Waals surface area contributed by atoms with Crippen molar-refractivity contribution in [3.8, 4) is 0 Å². The molecule has 0 aromatic heterocycles. The van der Waals surface area contributed by atoms with E-state index in [2.05, 4.69) is 142 Å². The third kappa shape index (κ3) is 25.7. The molecule has 222 valence electrons. The average Bonchev–Trinajstić information content (AvgIpc) is 2.86. The lowest BCUT2D eigenvalue weighted by Gasteiger charge is -2.02. The Labute approximate surface area is 250 Å². The molecule has 0 nitrogen and oxygen atoms in total. The standard InChI is InChI=1S/C40H62/c1-33(2)19-13-23-37(7)27-17-31-39(9)29-15-25-35(5)21-11-12-22-36(6)26-16-30-40(10)32-18-28-38(8)24-14-20-34(3)4/h11-12,15,19-22,25,27-30H,13-14,16-18,23-24,26,31-32H2,1-10H3/b12-11?,25-15+,35-21+,36-22?,37-27?,38-28?,39-29+,40-30?. The van der Waals surface area contributed by atoms with Gasteiger partial charge in [0.25, 0.3) is 0 Å². The summed E-state index contributed by atoms with van der Waals surface area (Å²) in [6.45, 7) is 22.1.